The molecule has 1 saturated carbocycles. The molecule has 2 heterocycles. The molecular formula is C16H29NO3. The maximum absolute atomic E-state index is 6.26. The molecule has 0 radical (unpaired) electrons. The van der Waals surface area contributed by atoms with E-state index in [0.29, 0.717) is 12.7 Å². The molecule has 0 bridgehead atoms. The van der Waals surface area contributed by atoms with Crippen LogP contribution in [-0.2, 0) is 14.2 Å². The van der Waals surface area contributed by atoms with Crippen LogP contribution >= 0.6 is 0 Å². The van der Waals surface area contributed by atoms with E-state index < -0.39 is 0 Å². The second kappa shape index (κ2) is 5.91. The Bertz CT molecular complexity index is 326. The van der Waals surface area contributed by atoms with Crippen molar-refractivity contribution in [2.75, 3.05) is 26.3 Å². The molecule has 4 heteroatoms. The maximum atomic E-state index is 6.26. The van der Waals surface area contributed by atoms with Crippen molar-refractivity contribution in [3.63, 3.8) is 0 Å². The second-order valence-electron chi connectivity index (χ2n) is 7.34. The molecule has 1 N–H and O–H groups in total. The summed E-state index contributed by atoms with van der Waals surface area (Å²) in [4.78, 5) is 0. The zero-order valence-electron chi connectivity index (χ0n) is 13.0. The Morgan fingerprint density at radius 1 is 1.05 bits per heavy atom. The van der Waals surface area contributed by atoms with E-state index in [4.69, 9.17) is 14.2 Å². The third-order valence-corrected chi connectivity index (χ3v) is 4.87. The molecule has 1 spiro atoms. The SMILES string of the molecule is CC1(C)CNCC(COCC2CCC3(CCCC3)O2)O1. The van der Waals surface area contributed by atoms with Gasteiger partial charge in [-0.2, -0.15) is 0 Å². The average Bonchev–Trinajstić information content (AvgIpc) is 3.00. The van der Waals surface area contributed by atoms with Crippen LogP contribution in [0.15, 0.2) is 0 Å². The summed E-state index contributed by atoms with van der Waals surface area (Å²) in [6, 6.07) is 0. The average molecular weight is 283 g/mol. The van der Waals surface area contributed by atoms with E-state index >= 15 is 0 Å². The number of morpholine rings is 1. The van der Waals surface area contributed by atoms with Crippen molar-refractivity contribution in [2.45, 2.75) is 75.8 Å². The van der Waals surface area contributed by atoms with Crippen molar-refractivity contribution < 1.29 is 14.2 Å². The van der Waals surface area contributed by atoms with Gasteiger partial charge in [-0.05, 0) is 39.5 Å². The zero-order chi connectivity index (χ0) is 14.1. The predicted octanol–water partition coefficient (Wildman–Crippen LogP) is 2.26. The van der Waals surface area contributed by atoms with Crippen LogP contribution in [-0.4, -0.2) is 49.7 Å². The molecule has 1 aliphatic carbocycles. The minimum atomic E-state index is -0.0793. The fraction of sp³-hybridized carbons (Fsp3) is 1.00. The van der Waals surface area contributed by atoms with E-state index in [0.717, 1.165) is 26.1 Å². The van der Waals surface area contributed by atoms with E-state index in [-0.39, 0.29) is 17.3 Å². The lowest BCUT2D eigenvalue weighted by molar-refractivity contribution is -0.131. The second-order valence-corrected chi connectivity index (χ2v) is 7.34. The number of ether oxygens (including phenoxy) is 3. The molecule has 3 rings (SSSR count). The number of rotatable bonds is 4. The van der Waals surface area contributed by atoms with Gasteiger partial charge in [-0.1, -0.05) is 12.8 Å². The molecule has 0 aromatic carbocycles. The van der Waals surface area contributed by atoms with Gasteiger partial charge in [0.1, 0.15) is 0 Å². The van der Waals surface area contributed by atoms with E-state index in [9.17, 15) is 0 Å². The molecule has 2 unspecified atom stereocenters. The van der Waals surface area contributed by atoms with Crippen LogP contribution in [0.3, 0.4) is 0 Å². The quantitative estimate of drug-likeness (QED) is 0.859. The van der Waals surface area contributed by atoms with Crippen LogP contribution in [0.2, 0.25) is 0 Å². The Kier molecular flexibility index (Phi) is 4.37. The van der Waals surface area contributed by atoms with Crippen LogP contribution < -0.4 is 5.32 Å². The lowest BCUT2D eigenvalue weighted by Crippen LogP contribution is -2.52. The minimum Gasteiger partial charge on any atom is -0.376 e. The van der Waals surface area contributed by atoms with Crippen molar-refractivity contribution in [1.29, 1.82) is 0 Å². The highest BCUT2D eigenvalue weighted by atomic mass is 16.6. The third-order valence-electron chi connectivity index (χ3n) is 4.87. The topological polar surface area (TPSA) is 39.7 Å². The third kappa shape index (κ3) is 3.53. The summed E-state index contributed by atoms with van der Waals surface area (Å²) in [5.41, 5.74) is 0.142. The summed E-state index contributed by atoms with van der Waals surface area (Å²) in [5, 5.41) is 3.41. The highest BCUT2D eigenvalue weighted by molar-refractivity contribution is 4.92. The Balaban J connectivity index is 1.36. The fourth-order valence-electron chi connectivity index (χ4n) is 3.89. The number of hydrogen-bond acceptors (Lipinski definition) is 4. The van der Waals surface area contributed by atoms with Gasteiger partial charge in [-0.25, -0.2) is 0 Å². The molecule has 4 nitrogen and oxygen atoms in total. The van der Waals surface area contributed by atoms with Crippen LogP contribution in [0.4, 0.5) is 0 Å². The first-order valence-corrected chi connectivity index (χ1v) is 8.21. The summed E-state index contributed by atoms with van der Waals surface area (Å²) in [6.07, 6.45) is 8.05. The predicted molar refractivity (Wildman–Crippen MR) is 77.9 cm³/mol. The molecule has 3 aliphatic rings. The minimum absolute atomic E-state index is 0.0793. The number of nitrogens with one attached hydrogen (secondary N) is 1. The molecule has 2 atom stereocenters. The van der Waals surface area contributed by atoms with Gasteiger partial charge >= 0.3 is 0 Å². The van der Waals surface area contributed by atoms with Gasteiger partial charge in [0.05, 0.1) is 36.6 Å². The summed E-state index contributed by atoms with van der Waals surface area (Å²) in [6.45, 7) is 7.44. The Morgan fingerprint density at radius 2 is 1.80 bits per heavy atom. The van der Waals surface area contributed by atoms with Gasteiger partial charge in [0, 0.05) is 13.1 Å². The molecule has 20 heavy (non-hydrogen) atoms. The molecule has 2 saturated heterocycles. The van der Waals surface area contributed by atoms with E-state index in [1.807, 2.05) is 0 Å². The van der Waals surface area contributed by atoms with Gasteiger partial charge < -0.3 is 19.5 Å². The summed E-state index contributed by atoms with van der Waals surface area (Å²) in [5.74, 6) is 0. The maximum Gasteiger partial charge on any atom is 0.0940 e. The van der Waals surface area contributed by atoms with Crippen LogP contribution in [0.25, 0.3) is 0 Å². The van der Waals surface area contributed by atoms with Gasteiger partial charge in [-0.15, -0.1) is 0 Å². The molecule has 0 amide bonds. The normalized spacial score (nSPS) is 35.7. The van der Waals surface area contributed by atoms with Gasteiger partial charge in [0.15, 0.2) is 0 Å². The molecule has 116 valence electrons. The first kappa shape index (κ1) is 14.8. The smallest absolute Gasteiger partial charge is 0.0940 e. The van der Waals surface area contributed by atoms with E-state index in [2.05, 4.69) is 19.2 Å². The Hall–Kier alpha value is -0.160. The first-order valence-electron chi connectivity index (χ1n) is 8.21. The standard InChI is InChI=1S/C16H29NO3/c1-15(2)12-17-9-14(19-15)11-18-10-13-5-8-16(20-13)6-3-4-7-16/h13-14,17H,3-12H2,1-2H3. The molecular weight excluding hydrogens is 254 g/mol. The van der Waals surface area contributed by atoms with E-state index in [1.54, 1.807) is 0 Å². The monoisotopic (exact) mass is 283 g/mol. The van der Waals surface area contributed by atoms with Crippen LogP contribution in [0.1, 0.15) is 52.4 Å². The van der Waals surface area contributed by atoms with Gasteiger partial charge in [0.2, 0.25) is 0 Å². The van der Waals surface area contributed by atoms with Crippen molar-refractivity contribution in [3.8, 4) is 0 Å². The van der Waals surface area contributed by atoms with Gasteiger partial charge in [0.25, 0.3) is 0 Å². The molecule has 3 fully saturated rings. The van der Waals surface area contributed by atoms with Crippen LogP contribution in [0, 0.1) is 0 Å². The largest absolute Gasteiger partial charge is 0.376 e. The van der Waals surface area contributed by atoms with Crippen molar-refractivity contribution in [2.24, 2.45) is 0 Å². The van der Waals surface area contributed by atoms with Gasteiger partial charge in [-0.3, -0.25) is 0 Å². The van der Waals surface area contributed by atoms with E-state index in [1.165, 1.54) is 32.1 Å². The lowest BCUT2D eigenvalue weighted by Gasteiger charge is -2.36. The molecule has 0 aromatic heterocycles. The number of hydrogen-bond donors (Lipinski definition) is 1. The summed E-state index contributed by atoms with van der Waals surface area (Å²) >= 11 is 0. The summed E-state index contributed by atoms with van der Waals surface area (Å²) < 4.78 is 18.1. The van der Waals surface area contributed by atoms with Crippen LogP contribution in [0.5, 0.6) is 0 Å². The lowest BCUT2D eigenvalue weighted by atomic mass is 9.98. The highest BCUT2D eigenvalue weighted by Gasteiger charge is 2.42. The summed E-state index contributed by atoms with van der Waals surface area (Å²) in [7, 11) is 0. The van der Waals surface area contributed by atoms with Crippen molar-refractivity contribution >= 4 is 0 Å². The first-order chi connectivity index (χ1) is 9.57. The zero-order valence-corrected chi connectivity index (χ0v) is 13.0. The highest BCUT2D eigenvalue weighted by Crippen LogP contribution is 2.43. The van der Waals surface area contributed by atoms with Crippen molar-refractivity contribution in [3.05, 3.63) is 0 Å². The molecule has 2 aliphatic heterocycles. The molecule has 0 aromatic rings. The van der Waals surface area contributed by atoms with Crippen molar-refractivity contribution in [1.82, 2.24) is 5.32 Å². The Labute approximate surface area is 122 Å². The fourth-order valence-corrected chi connectivity index (χ4v) is 3.89. The Morgan fingerprint density at radius 3 is 2.55 bits per heavy atom.